The number of halogens is 3. The first-order chi connectivity index (χ1) is 14.8. The highest BCUT2D eigenvalue weighted by Crippen LogP contribution is 2.17. The Hall–Kier alpha value is -3.66. The van der Waals surface area contributed by atoms with Gasteiger partial charge in [-0.05, 0) is 41.3 Å². The molecule has 0 aliphatic rings. The van der Waals surface area contributed by atoms with E-state index in [9.17, 15) is 27.6 Å². The van der Waals surface area contributed by atoms with Crippen LogP contribution in [0.15, 0.2) is 63.5 Å². The zero-order chi connectivity index (χ0) is 22.1. The van der Waals surface area contributed by atoms with Gasteiger partial charge in [-0.25, -0.2) is 18.0 Å². The number of hydrogen-bond donors (Lipinski definition) is 1. The Morgan fingerprint density at radius 3 is 2.39 bits per heavy atom. The van der Waals surface area contributed by atoms with Crippen molar-refractivity contribution in [3.05, 3.63) is 97.8 Å². The van der Waals surface area contributed by atoms with Gasteiger partial charge in [0, 0.05) is 6.07 Å². The van der Waals surface area contributed by atoms with Gasteiger partial charge in [-0.2, -0.15) is 0 Å². The zero-order valence-corrected chi connectivity index (χ0v) is 16.6. The molecule has 6 nitrogen and oxygen atoms in total. The van der Waals surface area contributed by atoms with E-state index < -0.39 is 41.2 Å². The van der Waals surface area contributed by atoms with E-state index in [1.165, 1.54) is 30.3 Å². The number of nitrogens with one attached hydrogen (secondary N) is 1. The first-order valence-corrected chi connectivity index (χ1v) is 9.91. The van der Waals surface area contributed by atoms with Crippen molar-refractivity contribution in [2.75, 3.05) is 5.32 Å². The van der Waals surface area contributed by atoms with Gasteiger partial charge in [-0.1, -0.05) is 12.1 Å². The minimum Gasteiger partial charge on any atom is -0.322 e. The van der Waals surface area contributed by atoms with E-state index in [2.05, 4.69) is 5.32 Å². The summed E-state index contributed by atoms with van der Waals surface area (Å²) in [5, 5.41) is 3.84. The number of nitrogens with zero attached hydrogens (tertiary/aromatic N) is 2. The molecule has 2 aromatic carbocycles. The largest absolute Gasteiger partial charge is 0.332 e. The fourth-order valence-electron chi connectivity index (χ4n) is 3.12. The molecule has 4 rings (SSSR count). The molecule has 4 aromatic rings. The van der Waals surface area contributed by atoms with E-state index in [-0.39, 0.29) is 22.4 Å². The van der Waals surface area contributed by atoms with Crippen molar-refractivity contribution in [3.63, 3.8) is 0 Å². The molecule has 0 bridgehead atoms. The smallest absolute Gasteiger partial charge is 0.322 e. The maximum absolute atomic E-state index is 13.8. The average Bonchev–Trinajstić information content (AvgIpc) is 3.22. The van der Waals surface area contributed by atoms with Gasteiger partial charge in [-0.15, -0.1) is 11.3 Å². The molecule has 0 spiro atoms. The molecule has 1 N–H and O–H groups in total. The Balaban J connectivity index is 1.72. The van der Waals surface area contributed by atoms with Crippen LogP contribution in [-0.4, -0.2) is 15.0 Å². The van der Waals surface area contributed by atoms with Crippen molar-refractivity contribution in [1.29, 1.82) is 0 Å². The van der Waals surface area contributed by atoms with Crippen molar-refractivity contribution in [2.45, 2.75) is 13.1 Å². The molecule has 158 valence electrons. The van der Waals surface area contributed by atoms with Gasteiger partial charge in [0.05, 0.1) is 17.7 Å². The maximum atomic E-state index is 13.8. The molecule has 0 saturated carbocycles. The standard InChI is InChI=1S/C21H14F3N3O3S/c22-13-3-1-12(2-4-13)10-27-20(29)19-17(7-8-31-19)26(21(27)30)11-18(28)25-16-9-14(23)5-6-15(16)24/h1-9H,10-11H2,(H,25,28). The summed E-state index contributed by atoms with van der Waals surface area (Å²) in [4.78, 5) is 38.3. The molecule has 0 aliphatic carbocycles. The Labute approximate surface area is 176 Å². The number of carbonyl (C=O) groups excluding carboxylic acids is 1. The summed E-state index contributed by atoms with van der Waals surface area (Å²) in [7, 11) is 0. The van der Waals surface area contributed by atoms with E-state index >= 15 is 0 Å². The number of benzene rings is 2. The minimum atomic E-state index is -0.830. The molecule has 0 saturated heterocycles. The summed E-state index contributed by atoms with van der Waals surface area (Å²) in [5.41, 5.74) is -0.874. The lowest BCUT2D eigenvalue weighted by molar-refractivity contribution is -0.116. The molecule has 0 aliphatic heterocycles. The third-order valence-electron chi connectivity index (χ3n) is 4.59. The van der Waals surface area contributed by atoms with Gasteiger partial charge in [-0.3, -0.25) is 18.7 Å². The first-order valence-electron chi connectivity index (χ1n) is 9.03. The monoisotopic (exact) mass is 445 g/mol. The number of thiophene rings is 1. The van der Waals surface area contributed by atoms with E-state index in [0.717, 1.165) is 38.7 Å². The average molecular weight is 445 g/mol. The number of amides is 1. The molecule has 10 heteroatoms. The zero-order valence-electron chi connectivity index (χ0n) is 15.8. The van der Waals surface area contributed by atoms with Crippen molar-refractivity contribution >= 4 is 33.1 Å². The highest BCUT2D eigenvalue weighted by Gasteiger charge is 2.17. The summed E-state index contributed by atoms with van der Waals surface area (Å²) >= 11 is 1.11. The van der Waals surface area contributed by atoms with Gasteiger partial charge in [0.1, 0.15) is 28.7 Å². The van der Waals surface area contributed by atoms with Crippen LogP contribution in [0.25, 0.3) is 10.2 Å². The Morgan fingerprint density at radius 1 is 0.935 bits per heavy atom. The van der Waals surface area contributed by atoms with E-state index in [0.29, 0.717) is 5.56 Å². The Kier molecular flexibility index (Phi) is 5.47. The fraction of sp³-hybridized carbons (Fsp3) is 0.0952. The van der Waals surface area contributed by atoms with Crippen LogP contribution in [0.4, 0.5) is 18.9 Å². The van der Waals surface area contributed by atoms with Gasteiger partial charge in [0.15, 0.2) is 0 Å². The predicted molar refractivity (Wildman–Crippen MR) is 111 cm³/mol. The predicted octanol–water partition coefficient (Wildman–Crippen LogP) is 3.33. The van der Waals surface area contributed by atoms with Crippen molar-refractivity contribution in [1.82, 2.24) is 9.13 Å². The summed E-state index contributed by atoms with van der Waals surface area (Å²) in [5.74, 6) is -2.79. The third kappa shape index (κ3) is 4.15. The fourth-order valence-corrected chi connectivity index (χ4v) is 3.97. The Morgan fingerprint density at radius 2 is 1.65 bits per heavy atom. The highest BCUT2D eigenvalue weighted by molar-refractivity contribution is 7.17. The number of rotatable bonds is 5. The molecule has 0 atom stereocenters. The van der Waals surface area contributed by atoms with Crippen molar-refractivity contribution < 1.29 is 18.0 Å². The quantitative estimate of drug-likeness (QED) is 0.512. The number of hydrogen-bond acceptors (Lipinski definition) is 4. The van der Waals surface area contributed by atoms with Crippen molar-refractivity contribution in [3.8, 4) is 0 Å². The molecule has 1 amide bonds. The normalized spacial score (nSPS) is 11.1. The van der Waals surface area contributed by atoms with E-state index in [1.54, 1.807) is 5.38 Å². The molecular formula is C21H14F3N3O3S. The second-order valence-electron chi connectivity index (χ2n) is 6.69. The number of aromatic nitrogens is 2. The van der Waals surface area contributed by atoms with E-state index in [1.807, 2.05) is 0 Å². The first kappa shape index (κ1) is 20.6. The molecule has 31 heavy (non-hydrogen) atoms. The summed E-state index contributed by atoms with van der Waals surface area (Å²) in [6, 6.07) is 9.46. The van der Waals surface area contributed by atoms with Crippen LogP contribution < -0.4 is 16.6 Å². The number of carbonyl (C=O) groups is 1. The number of fused-ring (bicyclic) bond motifs is 1. The van der Waals surface area contributed by atoms with Crippen LogP contribution in [0.2, 0.25) is 0 Å². The third-order valence-corrected chi connectivity index (χ3v) is 5.49. The molecule has 0 radical (unpaired) electrons. The molecule has 0 fully saturated rings. The van der Waals surface area contributed by atoms with Crippen LogP contribution >= 0.6 is 11.3 Å². The van der Waals surface area contributed by atoms with Gasteiger partial charge >= 0.3 is 5.69 Å². The van der Waals surface area contributed by atoms with E-state index in [4.69, 9.17) is 0 Å². The van der Waals surface area contributed by atoms with Crippen LogP contribution in [-0.2, 0) is 17.9 Å². The second-order valence-corrected chi connectivity index (χ2v) is 7.61. The summed E-state index contributed by atoms with van der Waals surface area (Å²) < 4.78 is 42.6. The maximum Gasteiger partial charge on any atom is 0.332 e. The Bertz CT molecular complexity index is 1410. The van der Waals surface area contributed by atoms with Gasteiger partial charge in [0.2, 0.25) is 5.91 Å². The van der Waals surface area contributed by atoms with Crippen LogP contribution in [0.5, 0.6) is 0 Å². The minimum absolute atomic E-state index is 0.119. The van der Waals surface area contributed by atoms with Crippen LogP contribution in [0.1, 0.15) is 5.56 Å². The lowest BCUT2D eigenvalue weighted by Crippen LogP contribution is -2.41. The molecule has 0 unspecified atom stereocenters. The van der Waals surface area contributed by atoms with Crippen LogP contribution in [0.3, 0.4) is 0 Å². The van der Waals surface area contributed by atoms with Crippen molar-refractivity contribution in [2.24, 2.45) is 0 Å². The SMILES string of the molecule is O=C(Cn1c(=O)n(Cc2ccc(F)cc2)c(=O)c2sccc21)Nc1cc(F)ccc1F. The second kappa shape index (κ2) is 8.23. The topological polar surface area (TPSA) is 73.1 Å². The lowest BCUT2D eigenvalue weighted by Gasteiger charge is -2.13. The summed E-state index contributed by atoms with van der Waals surface area (Å²) in [6.07, 6.45) is 0. The number of anilines is 1. The molecule has 2 aromatic heterocycles. The van der Waals surface area contributed by atoms with Gasteiger partial charge in [0.25, 0.3) is 5.56 Å². The molecular weight excluding hydrogens is 431 g/mol. The lowest BCUT2D eigenvalue weighted by atomic mass is 10.2. The van der Waals surface area contributed by atoms with Gasteiger partial charge < -0.3 is 5.32 Å². The van der Waals surface area contributed by atoms with Crippen LogP contribution in [0, 0.1) is 17.5 Å². The molecule has 2 heterocycles. The summed E-state index contributed by atoms with van der Waals surface area (Å²) in [6.45, 7) is -0.641. The highest BCUT2D eigenvalue weighted by atomic mass is 32.1.